The first kappa shape index (κ1) is 15.9. The zero-order valence-electron chi connectivity index (χ0n) is 13.0. The Hall–Kier alpha value is -1.44. The quantitative estimate of drug-likeness (QED) is 0.835. The van der Waals surface area contributed by atoms with Crippen LogP contribution in [0.5, 0.6) is 0 Å². The third kappa shape index (κ3) is 4.26. The summed E-state index contributed by atoms with van der Waals surface area (Å²) in [7, 11) is 0. The second-order valence-electron chi connectivity index (χ2n) is 5.82. The first-order valence-electron chi connectivity index (χ1n) is 7.75. The van der Waals surface area contributed by atoms with Crippen LogP contribution in [-0.2, 0) is 6.54 Å². The van der Waals surface area contributed by atoms with Gasteiger partial charge in [-0.05, 0) is 36.6 Å². The molecular formula is C17H24FN3. The van der Waals surface area contributed by atoms with Gasteiger partial charge in [-0.3, -0.25) is 9.80 Å². The summed E-state index contributed by atoms with van der Waals surface area (Å²) < 4.78 is 13.1. The zero-order valence-corrected chi connectivity index (χ0v) is 13.0. The number of nitrogens with zero attached hydrogens (tertiary/aromatic N) is 3. The lowest BCUT2D eigenvalue weighted by molar-refractivity contribution is 0.106. The van der Waals surface area contributed by atoms with Crippen LogP contribution >= 0.6 is 0 Å². The number of hydrogen-bond donors (Lipinski definition) is 0. The van der Waals surface area contributed by atoms with Crippen molar-refractivity contribution >= 4 is 0 Å². The van der Waals surface area contributed by atoms with Crippen molar-refractivity contribution in [3.63, 3.8) is 0 Å². The van der Waals surface area contributed by atoms with E-state index in [4.69, 9.17) is 0 Å². The van der Waals surface area contributed by atoms with Crippen molar-refractivity contribution in [3.8, 4) is 6.07 Å². The monoisotopic (exact) mass is 289 g/mol. The minimum atomic E-state index is -0.169. The molecule has 21 heavy (non-hydrogen) atoms. The fraction of sp³-hybridized carbons (Fsp3) is 0.588. The largest absolute Gasteiger partial charge is 0.297 e. The van der Waals surface area contributed by atoms with Crippen LogP contribution in [0.4, 0.5) is 4.39 Å². The molecule has 0 radical (unpaired) electrons. The van der Waals surface area contributed by atoms with Gasteiger partial charge in [0.2, 0.25) is 0 Å². The number of nitriles is 1. The molecule has 1 unspecified atom stereocenters. The highest BCUT2D eigenvalue weighted by molar-refractivity contribution is 5.26. The molecule has 0 aliphatic carbocycles. The van der Waals surface area contributed by atoms with E-state index in [0.29, 0.717) is 0 Å². The van der Waals surface area contributed by atoms with Crippen molar-refractivity contribution in [2.75, 3.05) is 26.2 Å². The lowest BCUT2D eigenvalue weighted by atomic mass is 10.1. The van der Waals surface area contributed by atoms with E-state index in [1.54, 1.807) is 6.07 Å². The van der Waals surface area contributed by atoms with Gasteiger partial charge >= 0.3 is 0 Å². The fourth-order valence-electron chi connectivity index (χ4n) is 2.91. The Balaban J connectivity index is 1.88. The average molecular weight is 289 g/mol. The standard InChI is InChI=1S/C17H24FN3/c1-3-4-17(12-19)21-9-7-20(8-10-21)13-15-5-6-16(18)11-14(15)2/h5-6,11,17H,3-4,7-10,13H2,1-2H3. The van der Waals surface area contributed by atoms with Crippen LogP contribution in [-0.4, -0.2) is 42.0 Å². The van der Waals surface area contributed by atoms with Crippen molar-refractivity contribution in [2.45, 2.75) is 39.3 Å². The van der Waals surface area contributed by atoms with Crippen LogP contribution in [0.2, 0.25) is 0 Å². The minimum Gasteiger partial charge on any atom is -0.297 e. The maximum absolute atomic E-state index is 13.1. The highest BCUT2D eigenvalue weighted by Gasteiger charge is 2.23. The Morgan fingerprint density at radius 1 is 1.29 bits per heavy atom. The van der Waals surface area contributed by atoms with E-state index in [0.717, 1.165) is 51.1 Å². The summed E-state index contributed by atoms with van der Waals surface area (Å²) in [5.41, 5.74) is 2.20. The summed E-state index contributed by atoms with van der Waals surface area (Å²) in [6, 6.07) is 7.49. The topological polar surface area (TPSA) is 30.3 Å². The maximum atomic E-state index is 13.1. The molecular weight excluding hydrogens is 265 g/mol. The van der Waals surface area contributed by atoms with E-state index in [-0.39, 0.29) is 11.9 Å². The van der Waals surface area contributed by atoms with Crippen molar-refractivity contribution in [1.29, 1.82) is 5.26 Å². The van der Waals surface area contributed by atoms with Crippen LogP contribution in [0.3, 0.4) is 0 Å². The molecule has 1 aliphatic rings. The second-order valence-corrected chi connectivity index (χ2v) is 5.82. The molecule has 1 saturated heterocycles. The van der Waals surface area contributed by atoms with Gasteiger partial charge in [-0.15, -0.1) is 0 Å². The number of aryl methyl sites for hydroxylation is 1. The van der Waals surface area contributed by atoms with Crippen molar-refractivity contribution in [2.24, 2.45) is 0 Å². The Kier molecular flexibility index (Phi) is 5.72. The molecule has 4 heteroatoms. The summed E-state index contributed by atoms with van der Waals surface area (Å²) in [6.45, 7) is 8.78. The number of benzene rings is 1. The lowest BCUT2D eigenvalue weighted by Gasteiger charge is -2.37. The van der Waals surface area contributed by atoms with E-state index in [9.17, 15) is 9.65 Å². The van der Waals surface area contributed by atoms with Gasteiger partial charge in [0, 0.05) is 32.7 Å². The number of rotatable bonds is 5. The molecule has 1 atom stereocenters. The summed E-state index contributed by atoms with van der Waals surface area (Å²) >= 11 is 0. The number of halogens is 1. The van der Waals surface area contributed by atoms with Crippen LogP contribution in [0.15, 0.2) is 18.2 Å². The maximum Gasteiger partial charge on any atom is 0.123 e. The Morgan fingerprint density at radius 3 is 2.57 bits per heavy atom. The predicted molar refractivity (Wildman–Crippen MR) is 82.3 cm³/mol. The molecule has 0 spiro atoms. The van der Waals surface area contributed by atoms with Crippen molar-refractivity contribution < 1.29 is 4.39 Å². The fourth-order valence-corrected chi connectivity index (χ4v) is 2.91. The van der Waals surface area contributed by atoms with Crippen LogP contribution in [0.25, 0.3) is 0 Å². The molecule has 2 rings (SSSR count). The summed E-state index contributed by atoms with van der Waals surface area (Å²) in [4.78, 5) is 4.68. The first-order valence-corrected chi connectivity index (χ1v) is 7.75. The SMILES string of the molecule is CCCC(C#N)N1CCN(Cc2ccc(F)cc2C)CC1. The second kappa shape index (κ2) is 7.53. The van der Waals surface area contributed by atoms with E-state index in [1.165, 1.54) is 11.6 Å². The Labute approximate surface area is 127 Å². The molecule has 0 aromatic heterocycles. The zero-order chi connectivity index (χ0) is 15.2. The molecule has 0 amide bonds. The Bertz CT molecular complexity index is 501. The summed E-state index contributed by atoms with van der Waals surface area (Å²) in [6.07, 6.45) is 2.00. The molecule has 3 nitrogen and oxygen atoms in total. The molecule has 0 saturated carbocycles. The van der Waals surface area contributed by atoms with Gasteiger partial charge < -0.3 is 0 Å². The number of piperazine rings is 1. The summed E-state index contributed by atoms with van der Waals surface area (Å²) in [5.74, 6) is -0.169. The van der Waals surface area contributed by atoms with Crippen LogP contribution < -0.4 is 0 Å². The van der Waals surface area contributed by atoms with Crippen molar-refractivity contribution in [3.05, 3.63) is 35.1 Å². The molecule has 1 aliphatic heterocycles. The molecule has 114 valence electrons. The highest BCUT2D eigenvalue weighted by atomic mass is 19.1. The van der Waals surface area contributed by atoms with Gasteiger partial charge in [-0.1, -0.05) is 19.4 Å². The van der Waals surface area contributed by atoms with Gasteiger partial charge in [-0.25, -0.2) is 4.39 Å². The minimum absolute atomic E-state index is 0.0599. The van der Waals surface area contributed by atoms with Gasteiger partial charge in [0.15, 0.2) is 0 Å². The van der Waals surface area contributed by atoms with Crippen LogP contribution in [0, 0.1) is 24.1 Å². The van der Waals surface area contributed by atoms with Gasteiger partial charge in [-0.2, -0.15) is 5.26 Å². The average Bonchev–Trinajstić information content (AvgIpc) is 2.48. The van der Waals surface area contributed by atoms with E-state index < -0.39 is 0 Å². The van der Waals surface area contributed by atoms with E-state index in [2.05, 4.69) is 22.8 Å². The Morgan fingerprint density at radius 2 is 2.00 bits per heavy atom. The lowest BCUT2D eigenvalue weighted by Crippen LogP contribution is -2.49. The first-order chi connectivity index (χ1) is 10.1. The smallest absolute Gasteiger partial charge is 0.123 e. The van der Waals surface area contributed by atoms with Crippen molar-refractivity contribution in [1.82, 2.24) is 9.80 Å². The summed E-state index contributed by atoms with van der Waals surface area (Å²) in [5, 5.41) is 9.23. The van der Waals surface area contributed by atoms with E-state index in [1.807, 2.05) is 13.0 Å². The highest BCUT2D eigenvalue weighted by Crippen LogP contribution is 2.16. The molecule has 0 N–H and O–H groups in total. The molecule has 1 aromatic carbocycles. The van der Waals surface area contributed by atoms with Gasteiger partial charge in [0.05, 0.1) is 12.1 Å². The molecule has 0 bridgehead atoms. The third-order valence-corrected chi connectivity index (χ3v) is 4.26. The van der Waals surface area contributed by atoms with E-state index >= 15 is 0 Å². The predicted octanol–water partition coefficient (Wildman–Crippen LogP) is 2.94. The van der Waals surface area contributed by atoms with Gasteiger partial charge in [0.25, 0.3) is 0 Å². The molecule has 1 fully saturated rings. The molecule has 1 heterocycles. The third-order valence-electron chi connectivity index (χ3n) is 4.26. The number of hydrogen-bond acceptors (Lipinski definition) is 3. The normalized spacial score (nSPS) is 18.4. The van der Waals surface area contributed by atoms with Crippen LogP contribution in [0.1, 0.15) is 30.9 Å². The molecule has 1 aromatic rings. The van der Waals surface area contributed by atoms with Gasteiger partial charge in [0.1, 0.15) is 5.82 Å².